The molecule has 4 nitrogen and oxygen atoms in total. The van der Waals surface area contributed by atoms with Gasteiger partial charge >= 0.3 is 0 Å². The summed E-state index contributed by atoms with van der Waals surface area (Å²) in [5, 5.41) is 3.29. The molecule has 0 radical (unpaired) electrons. The average Bonchev–Trinajstić information content (AvgIpc) is 2.95. The predicted molar refractivity (Wildman–Crippen MR) is 82.1 cm³/mol. The number of rotatable bonds is 7. The van der Waals surface area contributed by atoms with Gasteiger partial charge in [-0.25, -0.2) is 4.39 Å². The standard InChI is InChI=1S/C16H21FN2O2/c1-3-20-16-10-15(14(18)9-13(16)17)19-11(2)6-7-12-5-4-8-21-12/h4-5,8-11,19H,3,6-7,18H2,1-2H3. The molecule has 0 saturated carbocycles. The second-order valence-corrected chi connectivity index (χ2v) is 4.97. The van der Waals surface area contributed by atoms with Gasteiger partial charge in [-0.15, -0.1) is 0 Å². The lowest BCUT2D eigenvalue weighted by Crippen LogP contribution is -2.17. The van der Waals surface area contributed by atoms with Crippen LogP contribution in [0.1, 0.15) is 26.0 Å². The van der Waals surface area contributed by atoms with Crippen molar-refractivity contribution in [2.45, 2.75) is 32.7 Å². The molecule has 2 aromatic rings. The molecular formula is C16H21FN2O2. The van der Waals surface area contributed by atoms with Crippen LogP contribution in [0.25, 0.3) is 0 Å². The molecule has 114 valence electrons. The second-order valence-electron chi connectivity index (χ2n) is 4.97. The number of nitrogen functional groups attached to an aromatic ring is 1. The van der Waals surface area contributed by atoms with E-state index in [9.17, 15) is 4.39 Å². The van der Waals surface area contributed by atoms with Gasteiger partial charge in [0.05, 0.1) is 24.2 Å². The van der Waals surface area contributed by atoms with Crippen LogP contribution in [-0.4, -0.2) is 12.6 Å². The highest BCUT2D eigenvalue weighted by Crippen LogP contribution is 2.29. The number of hydrogen-bond acceptors (Lipinski definition) is 4. The van der Waals surface area contributed by atoms with Gasteiger partial charge in [-0.3, -0.25) is 0 Å². The Hall–Kier alpha value is -2.17. The summed E-state index contributed by atoms with van der Waals surface area (Å²) in [6, 6.07) is 6.90. The Morgan fingerprint density at radius 3 is 2.90 bits per heavy atom. The fourth-order valence-electron chi connectivity index (χ4n) is 2.11. The zero-order valence-corrected chi connectivity index (χ0v) is 12.4. The van der Waals surface area contributed by atoms with Crippen LogP contribution in [0.3, 0.4) is 0 Å². The number of hydrogen-bond donors (Lipinski definition) is 2. The van der Waals surface area contributed by atoms with E-state index in [1.165, 1.54) is 6.07 Å². The quantitative estimate of drug-likeness (QED) is 0.761. The molecule has 0 fully saturated rings. The van der Waals surface area contributed by atoms with E-state index < -0.39 is 5.82 Å². The molecule has 5 heteroatoms. The highest BCUT2D eigenvalue weighted by atomic mass is 19.1. The van der Waals surface area contributed by atoms with E-state index in [-0.39, 0.29) is 11.8 Å². The highest BCUT2D eigenvalue weighted by Gasteiger charge is 2.11. The van der Waals surface area contributed by atoms with Crippen LogP contribution in [0.4, 0.5) is 15.8 Å². The van der Waals surface area contributed by atoms with E-state index in [0.29, 0.717) is 18.0 Å². The first-order valence-corrected chi connectivity index (χ1v) is 7.11. The number of nitrogens with one attached hydrogen (secondary N) is 1. The van der Waals surface area contributed by atoms with Crippen LogP contribution in [0.2, 0.25) is 0 Å². The van der Waals surface area contributed by atoms with Gasteiger partial charge in [0.2, 0.25) is 0 Å². The van der Waals surface area contributed by atoms with Gasteiger partial charge in [-0.2, -0.15) is 0 Å². The fourth-order valence-corrected chi connectivity index (χ4v) is 2.11. The molecule has 0 aliphatic rings. The summed E-state index contributed by atoms with van der Waals surface area (Å²) in [7, 11) is 0. The Bertz CT molecular complexity index is 570. The lowest BCUT2D eigenvalue weighted by Gasteiger charge is -2.17. The maximum atomic E-state index is 13.6. The zero-order chi connectivity index (χ0) is 15.2. The van der Waals surface area contributed by atoms with Crippen molar-refractivity contribution >= 4 is 11.4 Å². The highest BCUT2D eigenvalue weighted by molar-refractivity contribution is 5.68. The SMILES string of the molecule is CCOc1cc(NC(C)CCc2ccco2)c(N)cc1F. The average molecular weight is 292 g/mol. The Morgan fingerprint density at radius 2 is 2.24 bits per heavy atom. The van der Waals surface area contributed by atoms with E-state index in [0.717, 1.165) is 18.6 Å². The van der Waals surface area contributed by atoms with Gasteiger partial charge in [0, 0.05) is 24.6 Å². The largest absolute Gasteiger partial charge is 0.491 e. The normalized spacial score (nSPS) is 12.1. The molecule has 0 aliphatic carbocycles. The zero-order valence-electron chi connectivity index (χ0n) is 12.4. The van der Waals surface area contributed by atoms with Gasteiger partial charge < -0.3 is 20.2 Å². The Kier molecular flexibility index (Phi) is 5.09. The lowest BCUT2D eigenvalue weighted by atomic mass is 10.1. The number of nitrogens with two attached hydrogens (primary N) is 1. The topological polar surface area (TPSA) is 60.4 Å². The van der Waals surface area contributed by atoms with E-state index >= 15 is 0 Å². The minimum Gasteiger partial charge on any atom is -0.491 e. The molecule has 1 aromatic carbocycles. The first-order chi connectivity index (χ1) is 10.1. The van der Waals surface area contributed by atoms with Crippen LogP contribution in [-0.2, 0) is 6.42 Å². The summed E-state index contributed by atoms with van der Waals surface area (Å²) in [4.78, 5) is 0. The van der Waals surface area contributed by atoms with Crippen LogP contribution >= 0.6 is 0 Å². The molecule has 1 heterocycles. The third-order valence-electron chi connectivity index (χ3n) is 3.21. The van der Waals surface area contributed by atoms with Gasteiger partial charge in [-0.1, -0.05) is 0 Å². The summed E-state index contributed by atoms with van der Waals surface area (Å²) in [6.45, 7) is 4.27. The molecule has 0 amide bonds. The predicted octanol–water partition coefficient (Wildman–Crippen LogP) is 3.83. The number of aryl methyl sites for hydroxylation is 1. The van der Waals surface area contributed by atoms with Crippen LogP contribution in [0.5, 0.6) is 5.75 Å². The molecule has 1 unspecified atom stereocenters. The maximum Gasteiger partial charge on any atom is 0.167 e. The number of benzene rings is 1. The molecular weight excluding hydrogens is 271 g/mol. The third kappa shape index (κ3) is 4.15. The molecule has 1 aromatic heterocycles. The second kappa shape index (κ2) is 7.02. The Balaban J connectivity index is 1.99. The number of furan rings is 1. The maximum absolute atomic E-state index is 13.6. The minimum absolute atomic E-state index is 0.178. The van der Waals surface area contributed by atoms with Gasteiger partial charge in [-0.05, 0) is 32.4 Å². The summed E-state index contributed by atoms with van der Waals surface area (Å²) in [5.74, 6) is 0.723. The molecule has 0 saturated heterocycles. The molecule has 0 spiro atoms. The van der Waals surface area contributed by atoms with Gasteiger partial charge in [0.25, 0.3) is 0 Å². The monoisotopic (exact) mass is 292 g/mol. The van der Waals surface area contributed by atoms with Crippen molar-refractivity contribution < 1.29 is 13.5 Å². The third-order valence-corrected chi connectivity index (χ3v) is 3.21. The number of anilines is 2. The Morgan fingerprint density at radius 1 is 1.43 bits per heavy atom. The smallest absolute Gasteiger partial charge is 0.167 e. The van der Waals surface area contributed by atoms with Crippen molar-refractivity contribution in [3.63, 3.8) is 0 Å². The van der Waals surface area contributed by atoms with Crippen LogP contribution in [0.15, 0.2) is 34.9 Å². The van der Waals surface area contributed by atoms with E-state index in [4.69, 9.17) is 14.9 Å². The van der Waals surface area contributed by atoms with Crippen molar-refractivity contribution in [3.05, 3.63) is 42.1 Å². The number of halogens is 1. The molecule has 0 aliphatic heterocycles. The van der Waals surface area contributed by atoms with E-state index in [1.807, 2.05) is 26.0 Å². The van der Waals surface area contributed by atoms with Crippen molar-refractivity contribution in [2.75, 3.05) is 17.7 Å². The molecule has 1 atom stereocenters. The van der Waals surface area contributed by atoms with Crippen LogP contribution < -0.4 is 15.8 Å². The van der Waals surface area contributed by atoms with Crippen LogP contribution in [0, 0.1) is 5.82 Å². The Labute approximate surface area is 124 Å². The minimum atomic E-state index is -0.442. The molecule has 3 N–H and O–H groups in total. The van der Waals surface area contributed by atoms with Crippen molar-refractivity contribution in [1.29, 1.82) is 0 Å². The summed E-state index contributed by atoms with van der Waals surface area (Å²) >= 11 is 0. The molecule has 2 rings (SSSR count). The summed E-state index contributed by atoms with van der Waals surface area (Å²) in [6.07, 6.45) is 3.38. The van der Waals surface area contributed by atoms with Crippen molar-refractivity contribution in [3.8, 4) is 5.75 Å². The summed E-state index contributed by atoms with van der Waals surface area (Å²) in [5.41, 5.74) is 6.91. The van der Waals surface area contributed by atoms with E-state index in [1.54, 1.807) is 12.3 Å². The van der Waals surface area contributed by atoms with Gasteiger partial charge in [0.1, 0.15) is 5.76 Å². The fraction of sp³-hybridized carbons (Fsp3) is 0.375. The van der Waals surface area contributed by atoms with Crippen molar-refractivity contribution in [1.82, 2.24) is 0 Å². The number of ether oxygens (including phenoxy) is 1. The van der Waals surface area contributed by atoms with E-state index in [2.05, 4.69) is 5.32 Å². The lowest BCUT2D eigenvalue weighted by molar-refractivity contribution is 0.322. The van der Waals surface area contributed by atoms with Gasteiger partial charge in [0.15, 0.2) is 11.6 Å². The van der Waals surface area contributed by atoms with Crippen molar-refractivity contribution in [2.24, 2.45) is 0 Å². The molecule has 0 bridgehead atoms. The first-order valence-electron chi connectivity index (χ1n) is 7.11. The summed E-state index contributed by atoms with van der Waals surface area (Å²) < 4.78 is 24.2. The first kappa shape index (κ1) is 15.2. The molecule has 21 heavy (non-hydrogen) atoms.